The monoisotopic (exact) mass is 519 g/mol. The highest BCUT2D eigenvalue weighted by Gasteiger charge is 2.46. The first-order valence-electron chi connectivity index (χ1n) is 13.0. The largest absolute Gasteiger partial charge is 0.481 e. The van der Waals surface area contributed by atoms with Crippen molar-refractivity contribution < 1.29 is 9.53 Å². The van der Waals surface area contributed by atoms with E-state index in [-0.39, 0.29) is 35.4 Å². The van der Waals surface area contributed by atoms with Crippen LogP contribution in [0.25, 0.3) is 0 Å². The number of hydrogen-bond donors (Lipinski definition) is 0. The molecule has 37 heavy (non-hydrogen) atoms. The quantitative estimate of drug-likeness (QED) is 0.391. The fourth-order valence-corrected chi connectivity index (χ4v) is 6.47. The molecule has 1 aromatic heterocycles. The Balaban J connectivity index is 1.64. The van der Waals surface area contributed by atoms with Crippen LogP contribution in [0.1, 0.15) is 76.6 Å². The number of nitrogens with zero attached hydrogens (tertiary/aromatic N) is 3. The van der Waals surface area contributed by atoms with Gasteiger partial charge in [0.2, 0.25) is 5.75 Å². The van der Waals surface area contributed by atoms with Gasteiger partial charge in [-0.2, -0.15) is 4.98 Å². The van der Waals surface area contributed by atoms with Gasteiger partial charge < -0.3 is 14.2 Å². The van der Waals surface area contributed by atoms with Crippen LogP contribution in [0.5, 0.6) is 5.75 Å². The van der Waals surface area contributed by atoms with E-state index in [9.17, 15) is 9.59 Å². The lowest BCUT2D eigenvalue weighted by molar-refractivity contribution is 0.0656. The molecule has 0 N–H and O–H groups in total. The fraction of sp³-hybridized carbons (Fsp3) is 0.433. The first-order valence-corrected chi connectivity index (χ1v) is 13.5. The minimum Gasteiger partial charge on any atom is -0.481 e. The summed E-state index contributed by atoms with van der Waals surface area (Å²) < 4.78 is 7.85. The molecule has 1 aliphatic heterocycles. The molecule has 2 aromatic carbocycles. The van der Waals surface area contributed by atoms with Gasteiger partial charge in [-0.15, -0.1) is 11.6 Å². The predicted octanol–water partition coefficient (Wildman–Crippen LogP) is 5.71. The molecule has 0 bridgehead atoms. The molecule has 194 valence electrons. The standard InChI is InChI=1S/C30H34ClN3O3/c1-19-14-20(2)16-23(15-19)30(12-8-9-13-30)26(31)27-32-28(35)25(37-18-22-10-6-5-7-11-22)24-29(36)33(4)21(3)17-34(24)27/h5-7,10-11,14-16,21,26H,8-9,12-13,17-18H2,1-4H3/t21-,26?/m0/s1. The van der Waals surface area contributed by atoms with Gasteiger partial charge in [-0.3, -0.25) is 9.59 Å². The molecule has 1 amide bonds. The molecule has 7 heteroatoms. The highest BCUT2D eigenvalue weighted by Crippen LogP contribution is 2.53. The first kappa shape index (κ1) is 25.5. The van der Waals surface area contributed by atoms with Crippen molar-refractivity contribution in [3.05, 3.63) is 92.7 Å². The molecule has 2 atom stereocenters. The Morgan fingerprint density at radius 2 is 1.73 bits per heavy atom. The van der Waals surface area contributed by atoms with Gasteiger partial charge in [0.15, 0.2) is 5.69 Å². The number of benzene rings is 2. The summed E-state index contributed by atoms with van der Waals surface area (Å²) in [6.07, 6.45) is 3.93. The molecule has 3 aromatic rings. The number of carbonyl (C=O) groups is 1. The number of aromatic nitrogens is 2. The van der Waals surface area contributed by atoms with Crippen LogP contribution in [0.15, 0.2) is 53.3 Å². The summed E-state index contributed by atoms with van der Waals surface area (Å²) in [5.74, 6) is 0.202. The van der Waals surface area contributed by atoms with Crippen LogP contribution in [0, 0.1) is 13.8 Å². The van der Waals surface area contributed by atoms with Crippen LogP contribution < -0.4 is 10.3 Å². The Bertz CT molecular complexity index is 1360. The van der Waals surface area contributed by atoms with E-state index in [0.717, 1.165) is 31.2 Å². The summed E-state index contributed by atoms with van der Waals surface area (Å²) in [5.41, 5.74) is 3.80. The summed E-state index contributed by atoms with van der Waals surface area (Å²) in [6.45, 7) is 6.86. The predicted molar refractivity (Wildman–Crippen MR) is 145 cm³/mol. The topological polar surface area (TPSA) is 64.4 Å². The van der Waals surface area contributed by atoms with Gasteiger partial charge in [0.25, 0.3) is 5.91 Å². The Labute approximate surface area is 223 Å². The number of alkyl halides is 1. The Morgan fingerprint density at radius 3 is 2.38 bits per heavy atom. The molecule has 0 radical (unpaired) electrons. The van der Waals surface area contributed by atoms with E-state index >= 15 is 0 Å². The number of amides is 1. The number of halogens is 1. The molecule has 6 nitrogen and oxygen atoms in total. The lowest BCUT2D eigenvalue weighted by Crippen LogP contribution is -2.47. The second kappa shape index (κ2) is 9.97. The molecule has 0 saturated heterocycles. The van der Waals surface area contributed by atoms with Crippen LogP contribution in [-0.2, 0) is 18.6 Å². The Kier molecular flexibility index (Phi) is 6.88. The summed E-state index contributed by atoms with van der Waals surface area (Å²) in [5, 5.41) is -0.561. The maximum Gasteiger partial charge on any atom is 0.316 e. The molecule has 2 aliphatic rings. The maximum atomic E-state index is 13.6. The van der Waals surface area contributed by atoms with Crippen molar-refractivity contribution in [1.82, 2.24) is 14.5 Å². The minimum atomic E-state index is -0.561. The molecule has 1 fully saturated rings. The summed E-state index contributed by atoms with van der Waals surface area (Å²) >= 11 is 7.39. The smallest absolute Gasteiger partial charge is 0.316 e. The van der Waals surface area contributed by atoms with Gasteiger partial charge in [0, 0.05) is 25.0 Å². The zero-order valence-corrected chi connectivity index (χ0v) is 22.7. The number of hydrogen-bond acceptors (Lipinski definition) is 4. The molecular formula is C30H34ClN3O3. The van der Waals surface area contributed by atoms with Crippen molar-refractivity contribution in [3.63, 3.8) is 0 Å². The van der Waals surface area contributed by atoms with E-state index < -0.39 is 10.9 Å². The normalized spacial score (nSPS) is 19.5. The SMILES string of the molecule is Cc1cc(C)cc(C2(C(Cl)c3nc(=O)c(OCc4ccccc4)c4n3C[C@H](C)N(C)C4=O)CCCC2)c1. The highest BCUT2D eigenvalue weighted by molar-refractivity contribution is 6.21. The molecule has 0 spiro atoms. The van der Waals surface area contributed by atoms with Gasteiger partial charge >= 0.3 is 5.56 Å². The third-order valence-corrected chi connectivity index (χ3v) is 8.65. The van der Waals surface area contributed by atoms with Crippen LogP contribution in [0.4, 0.5) is 0 Å². The zero-order valence-electron chi connectivity index (χ0n) is 22.0. The second-order valence-electron chi connectivity index (χ2n) is 10.7. The van der Waals surface area contributed by atoms with Crippen LogP contribution >= 0.6 is 11.6 Å². The summed E-state index contributed by atoms with van der Waals surface area (Å²) in [6, 6.07) is 16.1. The van der Waals surface area contributed by atoms with Crippen LogP contribution in [0.3, 0.4) is 0 Å². The average molecular weight is 520 g/mol. The second-order valence-corrected chi connectivity index (χ2v) is 11.1. The third kappa shape index (κ3) is 4.56. The number of rotatable bonds is 6. The van der Waals surface area contributed by atoms with E-state index in [1.807, 2.05) is 41.8 Å². The molecule has 5 rings (SSSR count). The molecule has 1 saturated carbocycles. The Hall–Kier alpha value is -3.12. The average Bonchev–Trinajstić information content (AvgIpc) is 3.38. The summed E-state index contributed by atoms with van der Waals surface area (Å²) in [4.78, 5) is 33.2. The van der Waals surface area contributed by atoms with Gasteiger partial charge in [0.05, 0.1) is 0 Å². The minimum absolute atomic E-state index is 0.00732. The lowest BCUT2D eigenvalue weighted by atomic mass is 9.74. The van der Waals surface area contributed by atoms with Crippen molar-refractivity contribution in [1.29, 1.82) is 0 Å². The van der Waals surface area contributed by atoms with Crippen LogP contribution in [-0.4, -0.2) is 33.4 Å². The Morgan fingerprint density at radius 1 is 1.08 bits per heavy atom. The van der Waals surface area contributed by atoms with Crippen molar-refractivity contribution in [2.45, 2.75) is 76.4 Å². The van der Waals surface area contributed by atoms with Crippen molar-refractivity contribution in [2.24, 2.45) is 0 Å². The number of fused-ring (bicyclic) bond motifs is 1. The number of ether oxygens (including phenoxy) is 1. The number of carbonyl (C=O) groups excluding carboxylic acids is 1. The van der Waals surface area contributed by atoms with E-state index in [1.54, 1.807) is 11.9 Å². The summed E-state index contributed by atoms with van der Waals surface area (Å²) in [7, 11) is 1.76. The first-order chi connectivity index (χ1) is 17.7. The van der Waals surface area contributed by atoms with E-state index in [2.05, 4.69) is 37.0 Å². The molecular weight excluding hydrogens is 486 g/mol. The fourth-order valence-electron chi connectivity index (χ4n) is 5.96. The molecule has 1 unspecified atom stereocenters. The van der Waals surface area contributed by atoms with E-state index in [0.29, 0.717) is 12.4 Å². The number of aryl methyl sites for hydroxylation is 2. The van der Waals surface area contributed by atoms with Gasteiger partial charge in [0.1, 0.15) is 17.8 Å². The number of likely N-dealkylation sites (N-methyl/N-ethyl adjacent to an activating group) is 1. The maximum absolute atomic E-state index is 13.6. The van der Waals surface area contributed by atoms with Crippen molar-refractivity contribution >= 4 is 17.5 Å². The van der Waals surface area contributed by atoms with E-state index in [4.69, 9.17) is 16.3 Å². The third-order valence-electron chi connectivity index (χ3n) is 8.03. The van der Waals surface area contributed by atoms with Gasteiger partial charge in [-0.1, -0.05) is 72.5 Å². The molecule has 1 aliphatic carbocycles. The van der Waals surface area contributed by atoms with Crippen molar-refractivity contribution in [3.8, 4) is 5.75 Å². The molecule has 2 heterocycles. The van der Waals surface area contributed by atoms with Crippen LogP contribution in [0.2, 0.25) is 0 Å². The van der Waals surface area contributed by atoms with E-state index in [1.165, 1.54) is 16.7 Å². The zero-order chi connectivity index (χ0) is 26.3. The lowest BCUT2D eigenvalue weighted by Gasteiger charge is -2.39. The van der Waals surface area contributed by atoms with Gasteiger partial charge in [-0.05, 0) is 44.7 Å². The highest BCUT2D eigenvalue weighted by atomic mass is 35.5. The van der Waals surface area contributed by atoms with Gasteiger partial charge in [-0.25, -0.2) is 0 Å². The van der Waals surface area contributed by atoms with Crippen molar-refractivity contribution in [2.75, 3.05) is 7.05 Å².